The number of aliphatic imine (C=N–C) groups is 1. The van der Waals surface area contributed by atoms with Gasteiger partial charge in [-0.15, -0.1) is 0 Å². The predicted molar refractivity (Wildman–Crippen MR) is 109 cm³/mol. The SMILES string of the molecule is CC(Oc1cccc(/C=C2/SC(=Nc3ccccc3Br)NC2=O)c1)C(=O)O. The third-order valence-electron chi connectivity index (χ3n) is 3.54. The van der Waals surface area contributed by atoms with Crippen LogP contribution in [0.4, 0.5) is 5.69 Å². The lowest BCUT2D eigenvalue weighted by Gasteiger charge is -2.10. The van der Waals surface area contributed by atoms with Crippen LogP contribution in [-0.2, 0) is 9.59 Å². The van der Waals surface area contributed by atoms with E-state index in [2.05, 4.69) is 26.2 Å². The number of carbonyl (C=O) groups excluding carboxylic acids is 1. The van der Waals surface area contributed by atoms with Crippen molar-refractivity contribution in [2.45, 2.75) is 13.0 Å². The molecule has 1 aliphatic heterocycles. The van der Waals surface area contributed by atoms with Crippen LogP contribution in [0.3, 0.4) is 0 Å². The minimum atomic E-state index is -1.04. The van der Waals surface area contributed by atoms with E-state index in [1.165, 1.54) is 18.7 Å². The van der Waals surface area contributed by atoms with Gasteiger partial charge in [0.05, 0.1) is 10.6 Å². The number of hydrogen-bond acceptors (Lipinski definition) is 5. The maximum atomic E-state index is 12.2. The van der Waals surface area contributed by atoms with Crippen molar-refractivity contribution in [2.24, 2.45) is 4.99 Å². The van der Waals surface area contributed by atoms with Crippen LogP contribution in [0, 0.1) is 0 Å². The number of carboxylic acids is 1. The highest BCUT2D eigenvalue weighted by atomic mass is 79.9. The molecule has 0 spiro atoms. The van der Waals surface area contributed by atoms with E-state index in [-0.39, 0.29) is 5.91 Å². The first-order chi connectivity index (χ1) is 12.9. The van der Waals surface area contributed by atoms with Gasteiger partial charge in [-0.3, -0.25) is 4.79 Å². The van der Waals surface area contributed by atoms with Gasteiger partial charge in [-0.2, -0.15) is 0 Å². The van der Waals surface area contributed by atoms with Crippen molar-refractivity contribution in [3.8, 4) is 5.75 Å². The first kappa shape index (κ1) is 19.2. The summed E-state index contributed by atoms with van der Waals surface area (Å²) in [6, 6.07) is 14.4. The fraction of sp³-hybridized carbons (Fsp3) is 0.105. The van der Waals surface area contributed by atoms with Gasteiger partial charge in [0.15, 0.2) is 11.3 Å². The van der Waals surface area contributed by atoms with E-state index in [1.54, 1.807) is 24.3 Å². The zero-order chi connectivity index (χ0) is 19.4. The molecule has 1 aliphatic rings. The molecule has 2 aromatic carbocycles. The van der Waals surface area contributed by atoms with E-state index in [9.17, 15) is 9.59 Å². The van der Waals surface area contributed by atoms with Gasteiger partial charge in [0.25, 0.3) is 5.91 Å². The molecular formula is C19H15BrN2O4S. The zero-order valence-electron chi connectivity index (χ0n) is 14.2. The average Bonchev–Trinajstić information content (AvgIpc) is 2.96. The summed E-state index contributed by atoms with van der Waals surface area (Å²) in [5.74, 6) is -0.863. The van der Waals surface area contributed by atoms with Crippen LogP contribution in [0.15, 0.2) is 62.9 Å². The van der Waals surface area contributed by atoms with Crippen LogP contribution >= 0.6 is 27.7 Å². The summed E-state index contributed by atoms with van der Waals surface area (Å²) in [6.45, 7) is 1.46. The van der Waals surface area contributed by atoms with Crippen LogP contribution < -0.4 is 10.1 Å². The van der Waals surface area contributed by atoms with Gasteiger partial charge >= 0.3 is 5.97 Å². The topological polar surface area (TPSA) is 88.0 Å². The fourth-order valence-electron chi connectivity index (χ4n) is 2.22. The van der Waals surface area contributed by atoms with Crippen molar-refractivity contribution in [1.82, 2.24) is 5.32 Å². The molecule has 2 N–H and O–H groups in total. The largest absolute Gasteiger partial charge is 0.479 e. The van der Waals surface area contributed by atoms with E-state index in [1.807, 2.05) is 30.3 Å². The summed E-state index contributed by atoms with van der Waals surface area (Å²) in [6.07, 6.45) is 0.751. The van der Waals surface area contributed by atoms with Gasteiger partial charge < -0.3 is 15.2 Å². The quantitative estimate of drug-likeness (QED) is 0.672. The molecule has 2 aromatic rings. The van der Waals surface area contributed by atoms with E-state index < -0.39 is 12.1 Å². The third kappa shape index (κ3) is 4.99. The summed E-state index contributed by atoms with van der Waals surface area (Å²) in [5.41, 5.74) is 1.45. The van der Waals surface area contributed by atoms with Crippen molar-refractivity contribution >= 4 is 56.5 Å². The first-order valence-corrected chi connectivity index (χ1v) is 9.57. The molecule has 1 heterocycles. The molecule has 0 aliphatic carbocycles. The van der Waals surface area contributed by atoms with Crippen LogP contribution in [0.25, 0.3) is 6.08 Å². The second-order valence-corrected chi connectivity index (χ2v) is 7.49. The van der Waals surface area contributed by atoms with Gasteiger partial charge in [-0.05, 0) is 70.5 Å². The molecule has 0 saturated carbocycles. The number of nitrogens with zero attached hydrogens (tertiary/aromatic N) is 1. The number of amides is 1. The second kappa shape index (κ2) is 8.41. The Morgan fingerprint density at radius 1 is 1.30 bits per heavy atom. The predicted octanol–water partition coefficient (Wildman–Crippen LogP) is 4.19. The molecule has 27 heavy (non-hydrogen) atoms. The zero-order valence-corrected chi connectivity index (χ0v) is 16.6. The Bertz CT molecular complexity index is 958. The Morgan fingerprint density at radius 3 is 2.81 bits per heavy atom. The van der Waals surface area contributed by atoms with Crippen molar-refractivity contribution in [3.63, 3.8) is 0 Å². The highest BCUT2D eigenvalue weighted by Gasteiger charge is 2.24. The van der Waals surface area contributed by atoms with E-state index in [4.69, 9.17) is 9.84 Å². The standard InChI is InChI=1S/C19H15BrN2O4S/c1-11(18(24)25)26-13-6-4-5-12(9-13)10-16-17(23)22-19(27-16)21-15-8-3-2-7-14(15)20/h2-11H,1H3,(H,24,25)(H,21,22,23)/b16-10+. The number of halogens is 1. The number of amidine groups is 1. The van der Waals surface area contributed by atoms with Crippen LogP contribution in [0.5, 0.6) is 5.75 Å². The molecule has 8 heteroatoms. The highest BCUT2D eigenvalue weighted by Crippen LogP contribution is 2.31. The minimum absolute atomic E-state index is 0.240. The first-order valence-electron chi connectivity index (χ1n) is 7.96. The Hall–Kier alpha value is -2.58. The van der Waals surface area contributed by atoms with E-state index in [0.29, 0.717) is 15.8 Å². The van der Waals surface area contributed by atoms with E-state index in [0.717, 1.165) is 15.7 Å². The fourth-order valence-corrected chi connectivity index (χ4v) is 3.42. The molecule has 0 aromatic heterocycles. The smallest absolute Gasteiger partial charge is 0.344 e. The lowest BCUT2D eigenvalue weighted by atomic mass is 10.2. The number of nitrogens with one attached hydrogen (secondary N) is 1. The minimum Gasteiger partial charge on any atom is -0.479 e. The summed E-state index contributed by atoms with van der Waals surface area (Å²) < 4.78 is 6.19. The molecule has 6 nitrogen and oxygen atoms in total. The summed E-state index contributed by atoms with van der Waals surface area (Å²) >= 11 is 4.66. The van der Waals surface area contributed by atoms with Crippen molar-refractivity contribution in [1.29, 1.82) is 0 Å². The monoisotopic (exact) mass is 446 g/mol. The molecule has 138 valence electrons. The molecular weight excluding hydrogens is 432 g/mol. The highest BCUT2D eigenvalue weighted by molar-refractivity contribution is 9.10. The molecule has 0 bridgehead atoms. The molecule has 1 amide bonds. The van der Waals surface area contributed by atoms with Gasteiger partial charge in [0.1, 0.15) is 5.75 Å². The van der Waals surface area contributed by atoms with Gasteiger partial charge in [-0.25, -0.2) is 9.79 Å². The summed E-state index contributed by atoms with van der Waals surface area (Å²) in [7, 11) is 0. The Balaban J connectivity index is 1.79. The lowest BCUT2D eigenvalue weighted by molar-refractivity contribution is -0.144. The maximum Gasteiger partial charge on any atom is 0.344 e. The molecule has 3 rings (SSSR count). The number of benzene rings is 2. The Morgan fingerprint density at radius 2 is 2.07 bits per heavy atom. The average molecular weight is 447 g/mol. The normalized spacial score (nSPS) is 17.8. The maximum absolute atomic E-state index is 12.2. The number of ether oxygens (including phenoxy) is 1. The van der Waals surface area contributed by atoms with Crippen molar-refractivity contribution < 1.29 is 19.4 Å². The van der Waals surface area contributed by atoms with Crippen LogP contribution in [0.2, 0.25) is 0 Å². The van der Waals surface area contributed by atoms with Crippen molar-refractivity contribution in [3.05, 3.63) is 63.5 Å². The van der Waals surface area contributed by atoms with Crippen molar-refractivity contribution in [2.75, 3.05) is 0 Å². The number of aliphatic carboxylic acids is 1. The molecule has 1 unspecified atom stereocenters. The lowest BCUT2D eigenvalue weighted by Crippen LogP contribution is -2.22. The van der Waals surface area contributed by atoms with Crippen LogP contribution in [-0.4, -0.2) is 28.3 Å². The van der Waals surface area contributed by atoms with Gasteiger partial charge in [0, 0.05) is 4.47 Å². The molecule has 1 saturated heterocycles. The number of rotatable bonds is 5. The van der Waals surface area contributed by atoms with E-state index >= 15 is 0 Å². The number of carboxylic acid groups (broad SMARTS) is 1. The number of carbonyl (C=O) groups is 2. The van der Waals surface area contributed by atoms with Gasteiger partial charge in [-0.1, -0.05) is 24.3 Å². The molecule has 1 atom stereocenters. The summed E-state index contributed by atoms with van der Waals surface area (Å²) in [4.78, 5) is 28.1. The number of para-hydroxylation sites is 1. The third-order valence-corrected chi connectivity index (χ3v) is 5.12. The molecule has 1 fully saturated rings. The summed E-state index contributed by atoms with van der Waals surface area (Å²) in [5, 5.41) is 12.2. The Labute approximate surface area is 168 Å². The Kier molecular flexibility index (Phi) is 5.98. The second-order valence-electron chi connectivity index (χ2n) is 5.60. The van der Waals surface area contributed by atoms with Crippen LogP contribution in [0.1, 0.15) is 12.5 Å². The molecule has 0 radical (unpaired) electrons. The van der Waals surface area contributed by atoms with Gasteiger partial charge in [0.2, 0.25) is 0 Å². The number of thioether (sulfide) groups is 1. The number of hydrogen-bond donors (Lipinski definition) is 2.